The van der Waals surface area contributed by atoms with Crippen molar-refractivity contribution in [1.29, 1.82) is 0 Å². The molecule has 1 aliphatic rings. The molecule has 2 aromatic heterocycles. The summed E-state index contributed by atoms with van der Waals surface area (Å²) in [5.74, 6) is 0.829. The molecule has 100 valence electrons. The molecular weight excluding hydrogens is 242 g/mol. The Balaban J connectivity index is 1.81. The Morgan fingerprint density at radius 3 is 2.84 bits per heavy atom. The van der Waals surface area contributed by atoms with E-state index in [1.165, 1.54) is 12.7 Å². The zero-order valence-corrected chi connectivity index (χ0v) is 10.7. The maximum atomic E-state index is 12.3. The van der Waals surface area contributed by atoms with E-state index >= 15 is 0 Å². The number of nitrogens with zero attached hydrogens (tertiary/aromatic N) is 4. The molecule has 1 saturated carbocycles. The maximum absolute atomic E-state index is 12.3. The van der Waals surface area contributed by atoms with Crippen LogP contribution >= 0.6 is 0 Å². The van der Waals surface area contributed by atoms with E-state index in [0.717, 1.165) is 25.7 Å². The van der Waals surface area contributed by atoms with E-state index in [1.54, 1.807) is 10.9 Å². The van der Waals surface area contributed by atoms with Crippen LogP contribution in [0.25, 0.3) is 11.2 Å². The number of rotatable bonds is 3. The molecule has 0 radical (unpaired) electrons. The van der Waals surface area contributed by atoms with Gasteiger partial charge in [-0.3, -0.25) is 4.79 Å². The van der Waals surface area contributed by atoms with Crippen molar-refractivity contribution < 1.29 is 4.79 Å². The number of imidazole rings is 1. The van der Waals surface area contributed by atoms with Crippen molar-refractivity contribution >= 4 is 22.8 Å². The van der Waals surface area contributed by atoms with E-state index in [1.807, 2.05) is 0 Å². The lowest BCUT2D eigenvalue weighted by Crippen LogP contribution is -2.22. The summed E-state index contributed by atoms with van der Waals surface area (Å²) in [6.07, 6.45) is 8.64. The minimum Gasteiger partial charge on any atom is -0.382 e. The van der Waals surface area contributed by atoms with Gasteiger partial charge in [-0.2, -0.15) is 0 Å². The zero-order chi connectivity index (χ0) is 13.2. The van der Waals surface area contributed by atoms with E-state index in [9.17, 15) is 4.79 Å². The van der Waals surface area contributed by atoms with Crippen LogP contribution < -0.4 is 5.73 Å². The van der Waals surface area contributed by atoms with Crippen LogP contribution in [0.4, 0.5) is 5.82 Å². The van der Waals surface area contributed by atoms with Gasteiger partial charge in [0.2, 0.25) is 0 Å². The van der Waals surface area contributed by atoms with Crippen LogP contribution in [-0.2, 0) is 11.3 Å². The molecule has 0 atom stereocenters. The van der Waals surface area contributed by atoms with Crippen molar-refractivity contribution in [3.63, 3.8) is 0 Å². The average Bonchev–Trinajstić information content (AvgIpc) is 2.84. The second kappa shape index (κ2) is 4.95. The molecule has 0 aliphatic heterocycles. The van der Waals surface area contributed by atoms with Gasteiger partial charge < -0.3 is 10.3 Å². The molecule has 2 heterocycles. The molecule has 19 heavy (non-hydrogen) atoms. The number of carbonyl (C=O) groups excluding carboxylic acids is 1. The highest BCUT2D eigenvalue weighted by molar-refractivity contribution is 5.85. The molecule has 6 heteroatoms. The fourth-order valence-corrected chi connectivity index (χ4v) is 2.74. The molecule has 0 spiro atoms. The van der Waals surface area contributed by atoms with E-state index < -0.39 is 0 Å². The molecule has 0 amide bonds. The van der Waals surface area contributed by atoms with Gasteiger partial charge in [-0.15, -0.1) is 0 Å². The van der Waals surface area contributed by atoms with Crippen molar-refractivity contribution in [3.8, 4) is 0 Å². The first kappa shape index (κ1) is 12.1. The molecule has 1 fully saturated rings. The van der Waals surface area contributed by atoms with Crippen molar-refractivity contribution in [3.05, 3.63) is 12.7 Å². The van der Waals surface area contributed by atoms with Gasteiger partial charge in [0.15, 0.2) is 17.2 Å². The molecule has 6 nitrogen and oxygen atoms in total. The molecule has 0 unspecified atom stereocenters. The molecule has 1 aliphatic carbocycles. The van der Waals surface area contributed by atoms with Gasteiger partial charge >= 0.3 is 0 Å². The van der Waals surface area contributed by atoms with Crippen LogP contribution in [0.3, 0.4) is 0 Å². The second-order valence-corrected chi connectivity index (χ2v) is 5.10. The molecule has 0 aromatic carbocycles. The van der Waals surface area contributed by atoms with Crippen LogP contribution in [0.15, 0.2) is 12.7 Å². The quantitative estimate of drug-likeness (QED) is 0.903. The first-order valence-electron chi connectivity index (χ1n) is 6.69. The summed E-state index contributed by atoms with van der Waals surface area (Å²) in [6.45, 7) is 0.331. The van der Waals surface area contributed by atoms with Crippen LogP contribution in [-0.4, -0.2) is 25.3 Å². The highest BCUT2D eigenvalue weighted by atomic mass is 16.1. The molecule has 0 saturated heterocycles. The van der Waals surface area contributed by atoms with Gasteiger partial charge in [-0.1, -0.05) is 19.3 Å². The number of aromatic nitrogens is 4. The number of carbonyl (C=O) groups is 1. The Kier molecular flexibility index (Phi) is 3.15. The second-order valence-electron chi connectivity index (χ2n) is 5.10. The third kappa shape index (κ3) is 2.30. The molecule has 0 bridgehead atoms. The standard InChI is InChI=1S/C13H17N5O/c14-12-11-13(16-7-15-12)18(8-17-11)6-10(19)9-4-2-1-3-5-9/h7-9H,1-6H2,(H2,14,15,16). The number of nitrogens with two attached hydrogens (primary N) is 1. The highest BCUT2D eigenvalue weighted by Gasteiger charge is 2.22. The number of Topliss-reactive ketones (excluding diaryl/α,β-unsaturated/α-hetero) is 1. The van der Waals surface area contributed by atoms with E-state index in [4.69, 9.17) is 5.73 Å². The first-order valence-corrected chi connectivity index (χ1v) is 6.69. The van der Waals surface area contributed by atoms with Gasteiger partial charge in [0.05, 0.1) is 12.9 Å². The summed E-state index contributed by atoms with van der Waals surface area (Å²) in [6, 6.07) is 0. The maximum Gasteiger partial charge on any atom is 0.165 e. The number of nitrogen functional groups attached to an aromatic ring is 1. The van der Waals surface area contributed by atoms with Crippen LogP contribution in [0.1, 0.15) is 32.1 Å². The van der Waals surface area contributed by atoms with Crippen LogP contribution in [0.2, 0.25) is 0 Å². The summed E-state index contributed by atoms with van der Waals surface area (Å²) in [5.41, 5.74) is 6.94. The van der Waals surface area contributed by atoms with E-state index in [-0.39, 0.29) is 11.7 Å². The minimum absolute atomic E-state index is 0.199. The number of hydrogen-bond acceptors (Lipinski definition) is 5. The molecule has 2 N–H and O–H groups in total. The highest BCUT2D eigenvalue weighted by Crippen LogP contribution is 2.25. The third-order valence-corrected chi connectivity index (χ3v) is 3.82. The van der Waals surface area contributed by atoms with Gasteiger partial charge in [0.25, 0.3) is 0 Å². The van der Waals surface area contributed by atoms with Crippen molar-refractivity contribution in [1.82, 2.24) is 19.5 Å². The lowest BCUT2D eigenvalue weighted by atomic mass is 9.86. The summed E-state index contributed by atoms with van der Waals surface area (Å²) >= 11 is 0. The Bertz CT molecular complexity index is 600. The number of fused-ring (bicyclic) bond motifs is 1. The third-order valence-electron chi connectivity index (χ3n) is 3.82. The van der Waals surface area contributed by atoms with Gasteiger partial charge in [0, 0.05) is 5.92 Å². The van der Waals surface area contributed by atoms with Gasteiger partial charge in [-0.05, 0) is 12.8 Å². The Hall–Kier alpha value is -1.98. The number of anilines is 1. The summed E-state index contributed by atoms with van der Waals surface area (Å²) < 4.78 is 1.77. The van der Waals surface area contributed by atoms with Crippen molar-refractivity contribution in [2.45, 2.75) is 38.6 Å². The number of ketones is 1. The SMILES string of the molecule is Nc1ncnc2c1ncn2CC(=O)C1CCCCC1. The van der Waals surface area contributed by atoms with Crippen LogP contribution in [0, 0.1) is 5.92 Å². The Morgan fingerprint density at radius 2 is 2.05 bits per heavy atom. The van der Waals surface area contributed by atoms with E-state index in [0.29, 0.717) is 23.5 Å². The molecular formula is C13H17N5O. The first-order chi connectivity index (χ1) is 9.25. The van der Waals surface area contributed by atoms with Gasteiger partial charge in [0.1, 0.15) is 11.8 Å². The minimum atomic E-state index is 0.199. The smallest absolute Gasteiger partial charge is 0.165 e. The average molecular weight is 259 g/mol. The summed E-state index contributed by atoms with van der Waals surface area (Å²) in [5, 5.41) is 0. The van der Waals surface area contributed by atoms with Crippen molar-refractivity contribution in [2.75, 3.05) is 5.73 Å². The lowest BCUT2D eigenvalue weighted by molar-refractivity contribution is -0.124. The predicted molar refractivity (Wildman–Crippen MR) is 71.3 cm³/mol. The normalized spacial score (nSPS) is 16.8. The summed E-state index contributed by atoms with van der Waals surface area (Å²) in [7, 11) is 0. The predicted octanol–water partition coefficient (Wildman–Crippen LogP) is 1.56. The monoisotopic (exact) mass is 259 g/mol. The fourth-order valence-electron chi connectivity index (χ4n) is 2.74. The number of hydrogen-bond donors (Lipinski definition) is 1. The Labute approximate surface area is 111 Å². The topological polar surface area (TPSA) is 86.7 Å². The largest absolute Gasteiger partial charge is 0.382 e. The summed E-state index contributed by atoms with van der Waals surface area (Å²) in [4.78, 5) is 24.5. The van der Waals surface area contributed by atoms with E-state index in [2.05, 4.69) is 15.0 Å². The van der Waals surface area contributed by atoms with Crippen molar-refractivity contribution in [2.24, 2.45) is 5.92 Å². The lowest BCUT2D eigenvalue weighted by Gasteiger charge is -2.20. The molecule has 3 rings (SSSR count). The van der Waals surface area contributed by atoms with Gasteiger partial charge in [-0.25, -0.2) is 15.0 Å². The zero-order valence-electron chi connectivity index (χ0n) is 10.7. The Morgan fingerprint density at radius 1 is 1.26 bits per heavy atom. The fraction of sp³-hybridized carbons (Fsp3) is 0.538. The van der Waals surface area contributed by atoms with Crippen LogP contribution in [0.5, 0.6) is 0 Å². The molecule has 2 aromatic rings.